The zero-order chi connectivity index (χ0) is 22.0. The predicted molar refractivity (Wildman–Crippen MR) is 126 cm³/mol. The van der Waals surface area contributed by atoms with E-state index < -0.39 is 0 Å². The minimum absolute atomic E-state index is 0.0561. The first-order chi connectivity index (χ1) is 14.9. The highest BCUT2D eigenvalue weighted by molar-refractivity contribution is 5.89. The van der Waals surface area contributed by atoms with Gasteiger partial charge in [0.2, 0.25) is 0 Å². The first-order valence-electron chi connectivity index (χ1n) is 10.7. The SMILES string of the molecule is Cc1ccc(NC(=O)N2CCN(c3nc(-c4ccc(C)cc4)nc(C)c3C)CC2)cc1. The highest BCUT2D eigenvalue weighted by Crippen LogP contribution is 2.26. The molecule has 6 nitrogen and oxygen atoms in total. The predicted octanol–water partition coefficient (Wildman–Crippen LogP) is 4.73. The van der Waals surface area contributed by atoms with Crippen molar-refractivity contribution in [3.8, 4) is 11.4 Å². The normalized spacial score (nSPS) is 13.9. The Kier molecular flexibility index (Phi) is 5.89. The molecule has 0 saturated carbocycles. The zero-order valence-corrected chi connectivity index (χ0v) is 18.6. The van der Waals surface area contributed by atoms with Gasteiger partial charge in [-0.2, -0.15) is 0 Å². The summed E-state index contributed by atoms with van der Waals surface area (Å²) >= 11 is 0. The molecule has 6 heteroatoms. The Hall–Kier alpha value is -3.41. The highest BCUT2D eigenvalue weighted by Gasteiger charge is 2.24. The van der Waals surface area contributed by atoms with Crippen LogP contribution in [0.5, 0.6) is 0 Å². The summed E-state index contributed by atoms with van der Waals surface area (Å²) in [6.07, 6.45) is 0. The highest BCUT2D eigenvalue weighted by atomic mass is 16.2. The number of anilines is 2. The average molecular weight is 416 g/mol. The number of carbonyl (C=O) groups is 1. The number of aryl methyl sites for hydroxylation is 3. The lowest BCUT2D eigenvalue weighted by atomic mass is 10.1. The number of rotatable bonds is 3. The minimum Gasteiger partial charge on any atom is -0.353 e. The van der Waals surface area contributed by atoms with Crippen LogP contribution in [0.2, 0.25) is 0 Å². The smallest absolute Gasteiger partial charge is 0.321 e. The molecular weight excluding hydrogens is 386 g/mol. The molecule has 2 amide bonds. The van der Waals surface area contributed by atoms with Gasteiger partial charge in [0, 0.05) is 48.7 Å². The average Bonchev–Trinajstić information content (AvgIpc) is 2.78. The van der Waals surface area contributed by atoms with Gasteiger partial charge in [-0.15, -0.1) is 0 Å². The molecule has 2 aromatic carbocycles. The second-order valence-electron chi connectivity index (χ2n) is 8.22. The molecule has 1 aliphatic rings. The molecule has 4 rings (SSSR count). The van der Waals surface area contributed by atoms with Crippen LogP contribution >= 0.6 is 0 Å². The van der Waals surface area contributed by atoms with Crippen molar-refractivity contribution < 1.29 is 4.79 Å². The summed E-state index contributed by atoms with van der Waals surface area (Å²) in [5.74, 6) is 1.71. The van der Waals surface area contributed by atoms with Crippen LogP contribution in [-0.2, 0) is 0 Å². The fourth-order valence-corrected chi connectivity index (χ4v) is 3.71. The molecular formula is C25H29N5O. The lowest BCUT2D eigenvalue weighted by Gasteiger charge is -2.36. The molecule has 0 unspecified atom stereocenters. The molecule has 1 aliphatic heterocycles. The number of nitrogens with one attached hydrogen (secondary N) is 1. The van der Waals surface area contributed by atoms with Gasteiger partial charge in [-0.3, -0.25) is 0 Å². The van der Waals surface area contributed by atoms with E-state index in [0.717, 1.165) is 47.2 Å². The van der Waals surface area contributed by atoms with Crippen LogP contribution in [0.15, 0.2) is 48.5 Å². The standard InChI is InChI=1S/C25H29N5O/c1-17-5-9-21(10-6-17)23-26-20(4)19(3)24(28-23)29-13-15-30(16-14-29)25(31)27-22-11-7-18(2)8-12-22/h5-12H,13-16H2,1-4H3,(H,27,31). The molecule has 2 heterocycles. The monoisotopic (exact) mass is 415 g/mol. The van der Waals surface area contributed by atoms with Crippen LogP contribution in [0.4, 0.5) is 16.3 Å². The number of urea groups is 1. The largest absolute Gasteiger partial charge is 0.353 e. The first kappa shape index (κ1) is 20.8. The number of amides is 2. The summed E-state index contributed by atoms with van der Waals surface area (Å²) in [5, 5.41) is 2.99. The van der Waals surface area contributed by atoms with Gasteiger partial charge >= 0.3 is 6.03 Å². The van der Waals surface area contributed by atoms with Crippen molar-refractivity contribution in [1.29, 1.82) is 0 Å². The molecule has 1 fully saturated rings. The number of aromatic nitrogens is 2. The van der Waals surface area contributed by atoms with Gasteiger partial charge in [-0.25, -0.2) is 14.8 Å². The van der Waals surface area contributed by atoms with Crippen LogP contribution in [0, 0.1) is 27.7 Å². The van der Waals surface area contributed by atoms with Crippen LogP contribution in [0.1, 0.15) is 22.4 Å². The Morgan fingerprint density at radius 1 is 0.806 bits per heavy atom. The molecule has 3 aromatic rings. The quantitative estimate of drug-likeness (QED) is 0.672. The van der Waals surface area contributed by atoms with Crippen LogP contribution in [0.25, 0.3) is 11.4 Å². The molecule has 0 aliphatic carbocycles. The third-order valence-electron chi connectivity index (χ3n) is 5.84. The Balaban J connectivity index is 1.46. The summed E-state index contributed by atoms with van der Waals surface area (Å²) in [6.45, 7) is 11.0. The molecule has 1 N–H and O–H groups in total. The number of hydrogen-bond donors (Lipinski definition) is 1. The Morgan fingerprint density at radius 3 is 2.00 bits per heavy atom. The fraction of sp³-hybridized carbons (Fsp3) is 0.320. The summed E-state index contributed by atoms with van der Waals surface area (Å²) in [4.78, 5) is 26.4. The topological polar surface area (TPSA) is 61.4 Å². The number of nitrogens with zero attached hydrogens (tertiary/aromatic N) is 4. The molecule has 31 heavy (non-hydrogen) atoms. The Labute approximate surface area is 183 Å². The Morgan fingerprint density at radius 2 is 1.39 bits per heavy atom. The van der Waals surface area contributed by atoms with Crippen LogP contribution in [-0.4, -0.2) is 47.1 Å². The third kappa shape index (κ3) is 4.68. The second kappa shape index (κ2) is 8.76. The van der Waals surface area contributed by atoms with Gasteiger partial charge in [0.15, 0.2) is 5.82 Å². The van der Waals surface area contributed by atoms with Crippen molar-refractivity contribution in [1.82, 2.24) is 14.9 Å². The van der Waals surface area contributed by atoms with Gasteiger partial charge in [-0.05, 0) is 39.8 Å². The Bertz CT molecular complexity index is 1070. The number of piperazine rings is 1. The van der Waals surface area contributed by atoms with E-state index in [9.17, 15) is 4.79 Å². The van der Waals surface area contributed by atoms with E-state index in [1.165, 1.54) is 11.1 Å². The molecule has 0 bridgehead atoms. The fourth-order valence-electron chi connectivity index (χ4n) is 3.71. The molecule has 0 spiro atoms. The van der Waals surface area contributed by atoms with E-state index in [-0.39, 0.29) is 6.03 Å². The maximum Gasteiger partial charge on any atom is 0.321 e. The van der Waals surface area contributed by atoms with Gasteiger partial charge in [0.05, 0.1) is 0 Å². The third-order valence-corrected chi connectivity index (χ3v) is 5.84. The van der Waals surface area contributed by atoms with Crippen molar-refractivity contribution in [2.24, 2.45) is 0 Å². The summed E-state index contributed by atoms with van der Waals surface area (Å²) in [7, 11) is 0. The van der Waals surface area contributed by atoms with Crippen LogP contribution in [0.3, 0.4) is 0 Å². The number of benzene rings is 2. The second-order valence-corrected chi connectivity index (χ2v) is 8.22. The minimum atomic E-state index is -0.0561. The van der Waals surface area contributed by atoms with Crippen molar-refractivity contribution in [2.75, 3.05) is 36.4 Å². The lowest BCUT2D eigenvalue weighted by molar-refractivity contribution is 0.208. The van der Waals surface area contributed by atoms with Crippen molar-refractivity contribution in [2.45, 2.75) is 27.7 Å². The van der Waals surface area contributed by atoms with E-state index >= 15 is 0 Å². The van der Waals surface area contributed by atoms with Gasteiger partial charge < -0.3 is 15.1 Å². The lowest BCUT2D eigenvalue weighted by Crippen LogP contribution is -2.50. The van der Waals surface area contributed by atoms with E-state index in [4.69, 9.17) is 9.97 Å². The van der Waals surface area contributed by atoms with Gasteiger partial charge in [0.1, 0.15) is 5.82 Å². The van der Waals surface area contributed by atoms with Crippen molar-refractivity contribution in [3.05, 3.63) is 70.9 Å². The molecule has 1 aromatic heterocycles. The van der Waals surface area contributed by atoms with E-state index in [1.807, 2.05) is 43.0 Å². The summed E-state index contributed by atoms with van der Waals surface area (Å²) in [6, 6.07) is 16.1. The molecule has 1 saturated heterocycles. The van der Waals surface area contributed by atoms with Crippen LogP contribution < -0.4 is 10.2 Å². The van der Waals surface area contributed by atoms with Gasteiger partial charge in [0.25, 0.3) is 0 Å². The molecule has 160 valence electrons. The van der Waals surface area contributed by atoms with Gasteiger partial charge in [-0.1, -0.05) is 47.5 Å². The first-order valence-corrected chi connectivity index (χ1v) is 10.7. The van der Waals surface area contributed by atoms with Crippen molar-refractivity contribution in [3.63, 3.8) is 0 Å². The van der Waals surface area contributed by atoms with Crippen molar-refractivity contribution >= 4 is 17.5 Å². The maximum atomic E-state index is 12.7. The zero-order valence-electron chi connectivity index (χ0n) is 18.6. The molecule has 0 atom stereocenters. The number of hydrogen-bond acceptors (Lipinski definition) is 4. The molecule has 0 radical (unpaired) electrons. The van der Waals surface area contributed by atoms with E-state index in [2.05, 4.69) is 48.3 Å². The van der Waals surface area contributed by atoms with E-state index in [0.29, 0.717) is 13.1 Å². The summed E-state index contributed by atoms with van der Waals surface area (Å²) < 4.78 is 0. The summed E-state index contributed by atoms with van der Waals surface area (Å²) in [5.41, 5.74) is 6.31. The number of carbonyl (C=O) groups excluding carboxylic acids is 1. The van der Waals surface area contributed by atoms with E-state index in [1.54, 1.807) is 0 Å². The maximum absolute atomic E-state index is 12.7.